The first-order valence-corrected chi connectivity index (χ1v) is 10.1. The van der Waals surface area contributed by atoms with Crippen LogP contribution in [0.2, 0.25) is 5.02 Å². The fourth-order valence-corrected chi connectivity index (χ4v) is 3.89. The van der Waals surface area contributed by atoms with E-state index >= 15 is 0 Å². The molecular weight excluding hydrogens is 380 g/mol. The van der Waals surface area contributed by atoms with Gasteiger partial charge >= 0.3 is 0 Å². The molecule has 1 atom stereocenters. The Morgan fingerprint density at radius 1 is 1.15 bits per heavy atom. The maximum atomic E-state index is 11.8. The number of amides is 1. The van der Waals surface area contributed by atoms with E-state index in [0.29, 0.717) is 5.02 Å². The normalized spacial score (nSPS) is 14.6. The smallest absolute Gasteiger partial charge is 0.227 e. The first-order valence-electron chi connectivity index (χ1n) is 8.86. The standard InChI is InChI=1S/C20H19ClN4OS/c1-12(13-8-10-15(11-9-13)23-18(26)14-6-7-14)22-20-25-24-19(27-20)16-4-2-3-5-17(16)21/h2-5,8-12,14H,6-7H2,1H3,(H,22,25)(H,23,26). The minimum Gasteiger partial charge on any atom is -0.354 e. The van der Waals surface area contributed by atoms with Crippen molar-refractivity contribution in [3.63, 3.8) is 0 Å². The molecule has 1 fully saturated rings. The molecule has 0 aliphatic heterocycles. The molecule has 27 heavy (non-hydrogen) atoms. The summed E-state index contributed by atoms with van der Waals surface area (Å²) in [7, 11) is 0. The Morgan fingerprint density at radius 2 is 1.89 bits per heavy atom. The van der Waals surface area contributed by atoms with Gasteiger partial charge in [-0.2, -0.15) is 0 Å². The summed E-state index contributed by atoms with van der Waals surface area (Å²) in [6, 6.07) is 15.6. The molecule has 0 bridgehead atoms. The molecule has 0 saturated heterocycles. The van der Waals surface area contributed by atoms with Crippen molar-refractivity contribution in [1.29, 1.82) is 0 Å². The number of halogens is 1. The number of nitrogens with one attached hydrogen (secondary N) is 2. The van der Waals surface area contributed by atoms with Crippen LogP contribution in [0, 0.1) is 5.92 Å². The summed E-state index contributed by atoms with van der Waals surface area (Å²) in [5.41, 5.74) is 2.82. The summed E-state index contributed by atoms with van der Waals surface area (Å²) in [6.45, 7) is 2.06. The predicted octanol–water partition coefficient (Wildman–Crippen LogP) is 5.38. The van der Waals surface area contributed by atoms with E-state index in [1.165, 1.54) is 11.3 Å². The Balaban J connectivity index is 1.41. The highest BCUT2D eigenvalue weighted by Gasteiger charge is 2.29. The molecule has 1 aliphatic carbocycles. The molecule has 3 aromatic rings. The lowest BCUT2D eigenvalue weighted by Crippen LogP contribution is -2.13. The van der Waals surface area contributed by atoms with E-state index in [0.717, 1.165) is 39.8 Å². The fraction of sp³-hybridized carbons (Fsp3) is 0.250. The van der Waals surface area contributed by atoms with E-state index in [1.54, 1.807) is 0 Å². The number of benzene rings is 2. The van der Waals surface area contributed by atoms with Crippen LogP contribution in [0.5, 0.6) is 0 Å². The average Bonchev–Trinajstić information content (AvgIpc) is 3.43. The summed E-state index contributed by atoms with van der Waals surface area (Å²) in [6.07, 6.45) is 2.01. The first kappa shape index (κ1) is 17.9. The third-order valence-electron chi connectivity index (χ3n) is 4.50. The SMILES string of the molecule is CC(Nc1nnc(-c2ccccc2Cl)s1)c1ccc(NC(=O)C2CC2)cc1. The number of aromatic nitrogens is 2. The molecule has 1 unspecified atom stereocenters. The Kier molecular flexibility index (Phi) is 5.09. The van der Waals surface area contributed by atoms with Gasteiger partial charge in [0.15, 0.2) is 5.01 Å². The summed E-state index contributed by atoms with van der Waals surface area (Å²) >= 11 is 7.70. The molecule has 4 rings (SSSR count). The second-order valence-electron chi connectivity index (χ2n) is 6.64. The van der Waals surface area contributed by atoms with Crippen LogP contribution in [-0.4, -0.2) is 16.1 Å². The van der Waals surface area contributed by atoms with Gasteiger partial charge in [0.25, 0.3) is 0 Å². The van der Waals surface area contributed by atoms with Crippen LogP contribution < -0.4 is 10.6 Å². The molecule has 5 nitrogen and oxygen atoms in total. The second kappa shape index (κ2) is 7.66. The molecule has 1 aromatic heterocycles. The van der Waals surface area contributed by atoms with Crippen molar-refractivity contribution in [3.05, 3.63) is 59.1 Å². The highest BCUT2D eigenvalue weighted by atomic mass is 35.5. The van der Waals surface area contributed by atoms with Crippen molar-refractivity contribution in [3.8, 4) is 10.6 Å². The lowest BCUT2D eigenvalue weighted by Gasteiger charge is -2.13. The van der Waals surface area contributed by atoms with Gasteiger partial charge in [0.2, 0.25) is 11.0 Å². The Hall–Kier alpha value is -2.44. The molecule has 1 aliphatic rings. The van der Waals surface area contributed by atoms with Crippen LogP contribution in [0.25, 0.3) is 10.6 Å². The molecule has 0 spiro atoms. The molecule has 7 heteroatoms. The quantitative estimate of drug-likeness (QED) is 0.585. The van der Waals surface area contributed by atoms with Crippen molar-refractivity contribution in [1.82, 2.24) is 10.2 Å². The number of rotatable bonds is 6. The number of nitrogens with zero attached hydrogens (tertiary/aromatic N) is 2. The van der Waals surface area contributed by atoms with Gasteiger partial charge in [-0.1, -0.05) is 53.3 Å². The third-order valence-corrected chi connectivity index (χ3v) is 5.71. The van der Waals surface area contributed by atoms with E-state index < -0.39 is 0 Å². The van der Waals surface area contributed by atoms with Crippen LogP contribution in [0.1, 0.15) is 31.4 Å². The van der Waals surface area contributed by atoms with E-state index in [9.17, 15) is 4.79 Å². The maximum Gasteiger partial charge on any atom is 0.227 e. The van der Waals surface area contributed by atoms with Gasteiger partial charge in [0.05, 0.1) is 11.1 Å². The summed E-state index contributed by atoms with van der Waals surface area (Å²) < 4.78 is 0. The van der Waals surface area contributed by atoms with Crippen molar-refractivity contribution in [2.75, 3.05) is 10.6 Å². The zero-order chi connectivity index (χ0) is 18.8. The largest absolute Gasteiger partial charge is 0.354 e. The van der Waals surface area contributed by atoms with Gasteiger partial charge in [-0.25, -0.2) is 0 Å². The number of carbonyl (C=O) groups excluding carboxylic acids is 1. The second-order valence-corrected chi connectivity index (χ2v) is 8.03. The Morgan fingerprint density at radius 3 is 2.59 bits per heavy atom. The van der Waals surface area contributed by atoms with Crippen LogP contribution in [-0.2, 0) is 4.79 Å². The average molecular weight is 399 g/mol. The van der Waals surface area contributed by atoms with Crippen molar-refractivity contribution >= 4 is 39.7 Å². The maximum absolute atomic E-state index is 11.8. The fourth-order valence-electron chi connectivity index (χ4n) is 2.74. The first-order chi connectivity index (χ1) is 13.1. The molecular formula is C20H19ClN4OS. The minimum atomic E-state index is 0.0604. The van der Waals surface area contributed by atoms with Crippen molar-refractivity contribution < 1.29 is 4.79 Å². The van der Waals surface area contributed by atoms with Crippen LogP contribution in [0.4, 0.5) is 10.8 Å². The zero-order valence-electron chi connectivity index (χ0n) is 14.8. The molecule has 1 saturated carbocycles. The van der Waals surface area contributed by atoms with Gasteiger partial charge in [0.1, 0.15) is 0 Å². The van der Waals surface area contributed by atoms with Gasteiger partial charge in [0, 0.05) is 17.2 Å². The molecule has 1 amide bonds. The third kappa shape index (κ3) is 4.28. The molecule has 1 heterocycles. The van der Waals surface area contributed by atoms with Crippen molar-refractivity contribution in [2.24, 2.45) is 5.92 Å². The number of hydrogen-bond donors (Lipinski definition) is 2. The lowest BCUT2D eigenvalue weighted by molar-refractivity contribution is -0.117. The van der Waals surface area contributed by atoms with Gasteiger partial charge in [-0.15, -0.1) is 10.2 Å². The topological polar surface area (TPSA) is 66.9 Å². The van der Waals surface area contributed by atoms with Gasteiger partial charge < -0.3 is 10.6 Å². The van der Waals surface area contributed by atoms with E-state index in [4.69, 9.17) is 11.6 Å². The molecule has 0 radical (unpaired) electrons. The Bertz CT molecular complexity index is 953. The van der Waals surface area contributed by atoms with Crippen LogP contribution in [0.3, 0.4) is 0 Å². The molecule has 2 N–H and O–H groups in total. The van der Waals surface area contributed by atoms with Crippen LogP contribution in [0.15, 0.2) is 48.5 Å². The van der Waals surface area contributed by atoms with Gasteiger partial charge in [-0.05, 0) is 43.5 Å². The van der Waals surface area contributed by atoms with E-state index in [1.807, 2.05) is 48.5 Å². The zero-order valence-corrected chi connectivity index (χ0v) is 16.3. The molecule has 2 aromatic carbocycles. The molecule has 138 valence electrons. The highest BCUT2D eigenvalue weighted by Crippen LogP contribution is 2.33. The van der Waals surface area contributed by atoms with E-state index in [-0.39, 0.29) is 17.9 Å². The number of hydrogen-bond acceptors (Lipinski definition) is 5. The summed E-state index contributed by atoms with van der Waals surface area (Å²) in [4.78, 5) is 11.8. The van der Waals surface area contributed by atoms with Crippen molar-refractivity contribution in [2.45, 2.75) is 25.8 Å². The van der Waals surface area contributed by atoms with Crippen LogP contribution >= 0.6 is 22.9 Å². The minimum absolute atomic E-state index is 0.0604. The highest BCUT2D eigenvalue weighted by molar-refractivity contribution is 7.18. The number of anilines is 2. The predicted molar refractivity (Wildman–Crippen MR) is 110 cm³/mol. The lowest BCUT2D eigenvalue weighted by atomic mass is 10.1. The Labute approximate surface area is 166 Å². The number of carbonyl (C=O) groups is 1. The van der Waals surface area contributed by atoms with Gasteiger partial charge in [-0.3, -0.25) is 4.79 Å². The van der Waals surface area contributed by atoms with E-state index in [2.05, 4.69) is 27.8 Å². The summed E-state index contributed by atoms with van der Waals surface area (Å²) in [5, 5.41) is 17.0. The monoisotopic (exact) mass is 398 g/mol. The summed E-state index contributed by atoms with van der Waals surface area (Å²) in [5.74, 6) is 0.324.